The third kappa shape index (κ3) is 11.7. The number of pyridine rings is 2. The number of ether oxygens (including phenoxy) is 6. The number of anilines is 2. The molecule has 0 spiro atoms. The number of fused-ring (bicyclic) bond motifs is 2. The summed E-state index contributed by atoms with van der Waals surface area (Å²) in [6.07, 6.45) is 6.10. The predicted molar refractivity (Wildman–Crippen MR) is 305 cm³/mol. The molecule has 22 heteroatoms. The number of halogens is 4. The van der Waals surface area contributed by atoms with Crippen LogP contribution in [0, 0.1) is 0 Å². The van der Waals surface area contributed by atoms with Crippen LogP contribution in [-0.2, 0) is 32.1 Å². The van der Waals surface area contributed by atoms with Crippen LogP contribution in [0.5, 0.6) is 23.0 Å². The number of nitrogens with one attached hydrogen (secondary N) is 4. The summed E-state index contributed by atoms with van der Waals surface area (Å²) >= 11 is 28.3. The van der Waals surface area contributed by atoms with Gasteiger partial charge in [-0.1, -0.05) is 114 Å². The Balaban J connectivity index is 0.970. The normalized spacial score (nSPS) is 16.8. The maximum Gasteiger partial charge on any atom is 0.243 e. The van der Waals surface area contributed by atoms with Gasteiger partial charge >= 0.3 is 0 Å². The molecule has 404 valence electrons. The molecule has 4 N–H and O–H groups in total. The molecular weight excluding hydrogens is 1090 g/mol. The molecule has 2 aliphatic heterocycles. The predicted octanol–water partition coefficient (Wildman–Crippen LogP) is 10.1. The number of amides is 2. The minimum atomic E-state index is -0.346. The van der Waals surface area contributed by atoms with Crippen LogP contribution >= 0.6 is 46.4 Å². The second-order valence-electron chi connectivity index (χ2n) is 18.3. The summed E-state index contributed by atoms with van der Waals surface area (Å²) in [5.41, 5.74) is 6.29. The van der Waals surface area contributed by atoms with E-state index in [1.807, 2.05) is 60.7 Å². The molecule has 0 aliphatic carbocycles. The van der Waals surface area contributed by atoms with Gasteiger partial charge in [0.05, 0.1) is 120 Å². The summed E-state index contributed by atoms with van der Waals surface area (Å²) in [5.74, 6) is 1.29. The molecule has 4 aromatic carbocycles. The van der Waals surface area contributed by atoms with Gasteiger partial charge in [0.2, 0.25) is 23.7 Å². The highest BCUT2D eigenvalue weighted by atomic mass is 35.5. The van der Waals surface area contributed by atoms with Crippen LogP contribution in [0.3, 0.4) is 0 Å². The fourth-order valence-corrected chi connectivity index (χ4v) is 10.7. The van der Waals surface area contributed by atoms with E-state index in [0.717, 1.165) is 16.7 Å². The van der Waals surface area contributed by atoms with Gasteiger partial charge < -0.3 is 49.7 Å². The molecule has 2 fully saturated rings. The molecule has 6 heterocycles. The Morgan fingerprint density at radius 3 is 1.65 bits per heavy atom. The van der Waals surface area contributed by atoms with Crippen LogP contribution in [0.4, 0.5) is 11.9 Å². The Kier molecular flexibility index (Phi) is 16.6. The topological polar surface area (TPSA) is 215 Å². The smallest absolute Gasteiger partial charge is 0.243 e. The van der Waals surface area contributed by atoms with Gasteiger partial charge in [0.25, 0.3) is 0 Å². The first kappa shape index (κ1) is 54.5. The largest absolute Gasteiger partial charge is 0.495 e. The molecule has 0 radical (unpaired) electrons. The van der Waals surface area contributed by atoms with E-state index in [-0.39, 0.29) is 74.8 Å². The van der Waals surface area contributed by atoms with Crippen molar-refractivity contribution in [2.75, 3.05) is 58.4 Å². The van der Waals surface area contributed by atoms with Crippen molar-refractivity contribution in [2.24, 2.45) is 0 Å². The van der Waals surface area contributed by atoms with Crippen molar-refractivity contribution in [1.82, 2.24) is 40.5 Å². The third-order valence-corrected chi connectivity index (χ3v) is 14.8. The number of hydrogen-bond acceptors (Lipinski definition) is 16. The van der Waals surface area contributed by atoms with Crippen molar-refractivity contribution in [3.05, 3.63) is 153 Å². The van der Waals surface area contributed by atoms with Gasteiger partial charge in [0.1, 0.15) is 35.1 Å². The number of hydrogen-bond donors (Lipinski definition) is 4. The van der Waals surface area contributed by atoms with E-state index >= 15 is 0 Å². The van der Waals surface area contributed by atoms with Crippen LogP contribution in [0.15, 0.2) is 117 Å². The first-order chi connectivity index (χ1) is 38.4. The molecule has 4 atom stereocenters. The second-order valence-corrected chi connectivity index (χ2v) is 19.8. The number of nitrogens with zero attached hydrogens (tertiary/aromatic N) is 6. The number of methoxy groups -OCH3 is 3. The number of benzene rings is 4. The van der Waals surface area contributed by atoms with Crippen molar-refractivity contribution < 1.29 is 38.0 Å². The van der Waals surface area contributed by atoms with Crippen LogP contribution in [0.2, 0.25) is 20.1 Å². The second kappa shape index (κ2) is 24.0. The van der Waals surface area contributed by atoms with Gasteiger partial charge in [-0.2, -0.15) is 0 Å². The standard InChI is InChI=1S/C57H50Cl4N10O8/c1-6-45(72)65-37-25-77-27-39(37)68-56-62-22-32-18-34(47-49(58)41(74-3)20-42(75-4)50(47)59)64-36(53(32)70-56)17-29-12-11-13-30(16-29)24-79-44-21-43(76-5)51(60)48(52(44)61)35-19-33-23-63-57(69-40-28-78-26-38(40)66-46(73)7-2)71-55(33)54(67-35)31-14-9-8-10-15-31/h6-16,18-23,37-40H,1-2,17,24-28H2,3-5H3,(H,65,72)(H,66,73)(H,62,68,70)(H,63,69,71)/t37-,38-,39+,40+/m0/s1. The molecule has 8 aromatic rings. The van der Waals surface area contributed by atoms with E-state index in [2.05, 4.69) is 44.4 Å². The minimum Gasteiger partial charge on any atom is -0.495 e. The zero-order valence-electron chi connectivity index (χ0n) is 42.7. The molecule has 2 amide bonds. The zero-order chi connectivity index (χ0) is 55.3. The number of aromatic nitrogens is 6. The fraction of sp³-hybridized carbons (Fsp3) is 0.228. The molecule has 10 rings (SSSR count). The minimum absolute atomic E-state index is 0.0816. The number of carbonyl (C=O) groups excluding carboxylic acids is 2. The summed E-state index contributed by atoms with van der Waals surface area (Å²) in [6, 6.07) is 23.0. The van der Waals surface area contributed by atoms with Gasteiger partial charge in [-0.05, 0) is 35.4 Å². The van der Waals surface area contributed by atoms with Crippen molar-refractivity contribution in [1.29, 1.82) is 0 Å². The lowest BCUT2D eigenvalue weighted by Crippen LogP contribution is -2.45. The van der Waals surface area contributed by atoms with Gasteiger partial charge in [-0.25, -0.2) is 24.9 Å². The summed E-state index contributed by atoms with van der Waals surface area (Å²) in [5, 5.41) is 14.7. The molecular formula is C57H50Cl4N10O8. The highest BCUT2D eigenvalue weighted by Gasteiger charge is 2.32. The van der Waals surface area contributed by atoms with Gasteiger partial charge in [-0.15, -0.1) is 0 Å². The molecule has 0 unspecified atom stereocenters. The van der Waals surface area contributed by atoms with E-state index in [4.69, 9.17) is 94.8 Å². The van der Waals surface area contributed by atoms with Crippen LogP contribution in [0.25, 0.3) is 55.6 Å². The van der Waals surface area contributed by atoms with Crippen molar-refractivity contribution in [3.63, 3.8) is 0 Å². The maximum absolute atomic E-state index is 12.2. The molecule has 2 aliphatic rings. The zero-order valence-corrected chi connectivity index (χ0v) is 45.8. The van der Waals surface area contributed by atoms with E-state index in [9.17, 15) is 9.59 Å². The maximum atomic E-state index is 12.2. The molecule has 0 saturated carbocycles. The molecule has 18 nitrogen and oxygen atoms in total. The first-order valence-electron chi connectivity index (χ1n) is 24.7. The average Bonchev–Trinajstić information content (AvgIpc) is 4.19. The van der Waals surface area contributed by atoms with Gasteiger partial charge in [0, 0.05) is 58.4 Å². The Hall–Kier alpha value is -7.84. The van der Waals surface area contributed by atoms with Crippen molar-refractivity contribution in [2.45, 2.75) is 37.2 Å². The lowest BCUT2D eigenvalue weighted by atomic mass is 10.0. The highest BCUT2D eigenvalue weighted by Crippen LogP contribution is 2.48. The summed E-state index contributed by atoms with van der Waals surface area (Å²) in [7, 11) is 4.51. The first-order valence-corrected chi connectivity index (χ1v) is 26.2. The van der Waals surface area contributed by atoms with E-state index in [1.54, 1.807) is 30.6 Å². The summed E-state index contributed by atoms with van der Waals surface area (Å²) in [4.78, 5) is 53.9. The average molecular weight is 1140 g/mol. The number of carbonyl (C=O) groups is 2. The van der Waals surface area contributed by atoms with Crippen LogP contribution < -0.4 is 40.2 Å². The highest BCUT2D eigenvalue weighted by molar-refractivity contribution is 6.42. The third-order valence-electron chi connectivity index (χ3n) is 13.3. The molecule has 79 heavy (non-hydrogen) atoms. The molecule has 4 aromatic heterocycles. The lowest BCUT2D eigenvalue weighted by molar-refractivity contribution is -0.118. The van der Waals surface area contributed by atoms with E-state index < -0.39 is 0 Å². The number of rotatable bonds is 19. The Morgan fingerprint density at radius 1 is 0.595 bits per heavy atom. The van der Waals surface area contributed by atoms with Gasteiger partial charge in [-0.3, -0.25) is 14.6 Å². The van der Waals surface area contributed by atoms with Crippen molar-refractivity contribution >= 4 is 91.9 Å². The molecule has 2 saturated heterocycles. The SMILES string of the molecule is C=CC(=O)N[C@H]1COC[C@H]1Nc1ncc2cc(-c3c(Cl)c(OC)cc(OC)c3Cl)nc(Cc3cccc(COc4cc(OC)c(Cl)c(-c5cc6cnc(N[C@@H]7COC[C@@H]7NC(=O)C=C)nc6c(-c6ccccc6)n5)c4Cl)c3)c2n1. The van der Waals surface area contributed by atoms with E-state index in [0.29, 0.717) is 111 Å². The summed E-state index contributed by atoms with van der Waals surface area (Å²) in [6.45, 7) is 8.48. The Labute approximate surface area is 473 Å². The van der Waals surface area contributed by atoms with Crippen molar-refractivity contribution in [3.8, 4) is 56.8 Å². The van der Waals surface area contributed by atoms with Gasteiger partial charge in [0.15, 0.2) is 0 Å². The summed E-state index contributed by atoms with van der Waals surface area (Å²) < 4.78 is 34.9. The fourth-order valence-electron chi connectivity index (χ4n) is 9.31. The molecule has 0 bridgehead atoms. The van der Waals surface area contributed by atoms with E-state index in [1.165, 1.54) is 33.5 Å². The Morgan fingerprint density at radius 2 is 1.09 bits per heavy atom. The van der Waals surface area contributed by atoms with Crippen LogP contribution in [-0.4, -0.2) is 114 Å². The lowest BCUT2D eigenvalue weighted by Gasteiger charge is -2.20. The quantitative estimate of drug-likeness (QED) is 0.0554. The Bertz CT molecular complexity index is 3640. The monoisotopic (exact) mass is 1140 g/mol. The van der Waals surface area contributed by atoms with Crippen LogP contribution in [0.1, 0.15) is 16.8 Å².